The largest absolute Gasteiger partial charge is 0.364 e. The molecule has 0 aromatic carbocycles. The lowest BCUT2D eigenvalue weighted by Gasteiger charge is -2.28. The molecule has 7 nitrogen and oxygen atoms in total. The molecule has 1 heterocycles. The smallest absolute Gasteiger partial charge is 0.268 e. The fourth-order valence-corrected chi connectivity index (χ4v) is 3.00. The van der Waals surface area contributed by atoms with Gasteiger partial charge in [0, 0.05) is 12.5 Å². The van der Waals surface area contributed by atoms with Gasteiger partial charge in [-0.25, -0.2) is 0 Å². The van der Waals surface area contributed by atoms with E-state index in [2.05, 4.69) is 15.5 Å². The molecular weight excluding hydrogens is 282 g/mol. The minimum Gasteiger partial charge on any atom is -0.364 e. The second-order valence-electron chi connectivity index (χ2n) is 6.34. The van der Waals surface area contributed by atoms with Crippen LogP contribution in [0.15, 0.2) is 0 Å². The number of H-pyrrole nitrogens is 1. The van der Waals surface area contributed by atoms with Gasteiger partial charge in [0.2, 0.25) is 5.91 Å². The van der Waals surface area contributed by atoms with E-state index >= 15 is 0 Å². The van der Waals surface area contributed by atoms with E-state index in [1.807, 2.05) is 13.8 Å². The van der Waals surface area contributed by atoms with Gasteiger partial charge in [0.05, 0.1) is 11.4 Å². The van der Waals surface area contributed by atoms with Crippen molar-refractivity contribution in [2.75, 3.05) is 5.32 Å². The summed E-state index contributed by atoms with van der Waals surface area (Å²) in [6.07, 6.45) is 4.54. The van der Waals surface area contributed by atoms with Crippen LogP contribution in [0.1, 0.15) is 68.1 Å². The highest BCUT2D eigenvalue weighted by Gasteiger charge is 2.26. The van der Waals surface area contributed by atoms with E-state index in [4.69, 9.17) is 11.5 Å². The summed E-state index contributed by atoms with van der Waals surface area (Å²) in [6, 6.07) is 0.0732. The maximum atomic E-state index is 12.3. The molecule has 1 aromatic heterocycles. The fraction of sp³-hybridized carbons (Fsp3) is 0.667. The first-order valence-corrected chi connectivity index (χ1v) is 7.83. The molecule has 2 atom stereocenters. The van der Waals surface area contributed by atoms with Crippen LogP contribution in [0.25, 0.3) is 0 Å². The van der Waals surface area contributed by atoms with Crippen LogP contribution >= 0.6 is 0 Å². The summed E-state index contributed by atoms with van der Waals surface area (Å²) >= 11 is 0. The molecule has 0 bridgehead atoms. The molecule has 0 aliphatic heterocycles. The molecule has 6 N–H and O–H groups in total. The number of nitrogens with two attached hydrogens (primary N) is 2. The first-order valence-electron chi connectivity index (χ1n) is 7.83. The third-order valence-corrected chi connectivity index (χ3v) is 4.27. The summed E-state index contributed by atoms with van der Waals surface area (Å²) in [5.74, 6) is -0.519. The molecule has 2 rings (SSSR count). The number of carbonyl (C=O) groups is 2. The third kappa shape index (κ3) is 3.65. The summed E-state index contributed by atoms with van der Waals surface area (Å²) < 4.78 is 0. The van der Waals surface area contributed by atoms with Crippen molar-refractivity contribution in [3.8, 4) is 0 Å². The van der Waals surface area contributed by atoms with Crippen molar-refractivity contribution >= 4 is 17.5 Å². The van der Waals surface area contributed by atoms with E-state index in [9.17, 15) is 9.59 Å². The van der Waals surface area contributed by atoms with E-state index < -0.39 is 5.91 Å². The van der Waals surface area contributed by atoms with Gasteiger partial charge in [-0.15, -0.1) is 0 Å². The zero-order valence-corrected chi connectivity index (χ0v) is 13.2. The maximum Gasteiger partial charge on any atom is 0.268 e. The third-order valence-electron chi connectivity index (χ3n) is 4.27. The lowest BCUT2D eigenvalue weighted by molar-refractivity contribution is -0.117. The highest BCUT2D eigenvalue weighted by atomic mass is 16.2. The Morgan fingerprint density at radius 1 is 1.36 bits per heavy atom. The molecule has 1 aromatic rings. The molecule has 2 unspecified atom stereocenters. The summed E-state index contributed by atoms with van der Waals surface area (Å²) in [4.78, 5) is 23.8. The van der Waals surface area contributed by atoms with E-state index in [1.165, 1.54) is 0 Å². The molecular formula is C15H25N5O2. The van der Waals surface area contributed by atoms with Gasteiger partial charge in [0.1, 0.15) is 5.69 Å². The van der Waals surface area contributed by atoms with Crippen molar-refractivity contribution < 1.29 is 9.59 Å². The number of aromatic amines is 1. The number of carbonyl (C=O) groups excluding carboxylic acids is 2. The SMILES string of the molecule is CC(C)c1n[nH]c(C(N)=O)c1NC(=O)CC1CCCCC1N. The molecule has 22 heavy (non-hydrogen) atoms. The Kier molecular flexibility index (Phi) is 5.18. The maximum absolute atomic E-state index is 12.3. The molecule has 0 spiro atoms. The Morgan fingerprint density at radius 2 is 2.05 bits per heavy atom. The van der Waals surface area contributed by atoms with Crippen molar-refractivity contribution in [1.29, 1.82) is 0 Å². The average molecular weight is 307 g/mol. The van der Waals surface area contributed by atoms with E-state index in [-0.39, 0.29) is 29.5 Å². The molecule has 1 saturated carbocycles. The zero-order valence-electron chi connectivity index (χ0n) is 13.2. The minimum absolute atomic E-state index is 0.0663. The number of hydrogen-bond acceptors (Lipinski definition) is 4. The summed E-state index contributed by atoms with van der Waals surface area (Å²) in [5.41, 5.74) is 12.6. The number of primary amides is 1. The number of aromatic nitrogens is 2. The molecule has 1 aliphatic carbocycles. The van der Waals surface area contributed by atoms with Crippen molar-refractivity contribution in [3.05, 3.63) is 11.4 Å². The minimum atomic E-state index is -0.635. The van der Waals surface area contributed by atoms with Crippen LogP contribution in [0.2, 0.25) is 0 Å². The predicted octanol–water partition coefficient (Wildman–Crippen LogP) is 1.48. The molecule has 7 heteroatoms. The van der Waals surface area contributed by atoms with Gasteiger partial charge in [0.25, 0.3) is 5.91 Å². The summed E-state index contributed by atoms with van der Waals surface area (Å²) in [5, 5.41) is 9.50. The predicted molar refractivity (Wildman–Crippen MR) is 84.4 cm³/mol. The van der Waals surface area contributed by atoms with Crippen LogP contribution in [-0.4, -0.2) is 28.1 Å². The lowest BCUT2D eigenvalue weighted by atomic mass is 9.83. The van der Waals surface area contributed by atoms with Gasteiger partial charge in [-0.1, -0.05) is 26.7 Å². The second kappa shape index (κ2) is 6.91. The molecule has 1 fully saturated rings. The average Bonchev–Trinajstić information content (AvgIpc) is 2.85. The summed E-state index contributed by atoms with van der Waals surface area (Å²) in [6.45, 7) is 3.88. The zero-order chi connectivity index (χ0) is 16.3. The van der Waals surface area contributed by atoms with E-state index in [0.717, 1.165) is 25.7 Å². The van der Waals surface area contributed by atoms with Crippen LogP contribution in [-0.2, 0) is 4.79 Å². The standard InChI is InChI=1S/C15H25N5O2/c1-8(2)12-13(14(15(17)22)20-19-12)18-11(21)7-9-5-3-4-6-10(9)16/h8-10H,3-7,16H2,1-2H3,(H2,17,22)(H,18,21)(H,19,20). The van der Waals surface area contributed by atoms with Crippen LogP contribution in [0, 0.1) is 5.92 Å². The topological polar surface area (TPSA) is 127 Å². The number of nitrogens with one attached hydrogen (secondary N) is 2. The number of anilines is 1. The van der Waals surface area contributed by atoms with E-state index in [0.29, 0.717) is 17.8 Å². The van der Waals surface area contributed by atoms with Gasteiger partial charge in [0.15, 0.2) is 0 Å². The highest BCUT2D eigenvalue weighted by Crippen LogP contribution is 2.28. The van der Waals surface area contributed by atoms with Gasteiger partial charge < -0.3 is 16.8 Å². The fourth-order valence-electron chi connectivity index (χ4n) is 3.00. The van der Waals surface area contributed by atoms with Gasteiger partial charge in [-0.2, -0.15) is 5.10 Å². The molecule has 1 aliphatic rings. The van der Waals surface area contributed by atoms with Crippen molar-refractivity contribution in [2.24, 2.45) is 17.4 Å². The van der Waals surface area contributed by atoms with Crippen molar-refractivity contribution in [2.45, 2.75) is 57.9 Å². The Hall–Kier alpha value is -1.89. The van der Waals surface area contributed by atoms with E-state index in [1.54, 1.807) is 0 Å². The first-order chi connectivity index (χ1) is 10.4. The van der Waals surface area contributed by atoms with Gasteiger partial charge >= 0.3 is 0 Å². The van der Waals surface area contributed by atoms with Crippen LogP contribution < -0.4 is 16.8 Å². The van der Waals surface area contributed by atoms with Crippen molar-refractivity contribution in [3.63, 3.8) is 0 Å². The highest BCUT2D eigenvalue weighted by molar-refractivity contribution is 6.02. The monoisotopic (exact) mass is 307 g/mol. The number of rotatable bonds is 5. The van der Waals surface area contributed by atoms with Crippen LogP contribution in [0.4, 0.5) is 5.69 Å². The Morgan fingerprint density at radius 3 is 2.64 bits per heavy atom. The Bertz CT molecular complexity index is 552. The van der Waals surface area contributed by atoms with Crippen LogP contribution in [0.3, 0.4) is 0 Å². The quantitative estimate of drug-likeness (QED) is 0.657. The number of amides is 2. The second-order valence-corrected chi connectivity index (χ2v) is 6.34. The van der Waals surface area contributed by atoms with Crippen LogP contribution in [0.5, 0.6) is 0 Å². The molecule has 0 saturated heterocycles. The normalized spacial score (nSPS) is 21.8. The van der Waals surface area contributed by atoms with Gasteiger partial charge in [-0.05, 0) is 24.7 Å². The molecule has 0 radical (unpaired) electrons. The first kappa shape index (κ1) is 16.5. The van der Waals surface area contributed by atoms with Gasteiger partial charge in [-0.3, -0.25) is 14.7 Å². The lowest BCUT2D eigenvalue weighted by Crippen LogP contribution is -2.35. The Balaban J connectivity index is 2.10. The molecule has 122 valence electrons. The number of nitrogens with zero attached hydrogens (tertiary/aromatic N) is 1. The molecule has 2 amide bonds. The summed E-state index contributed by atoms with van der Waals surface area (Å²) in [7, 11) is 0. The Labute approximate surface area is 130 Å². The van der Waals surface area contributed by atoms with Crippen molar-refractivity contribution in [1.82, 2.24) is 10.2 Å². The number of hydrogen-bond donors (Lipinski definition) is 4.